The van der Waals surface area contributed by atoms with Crippen LogP contribution in [0.4, 0.5) is 0 Å². The molecule has 3 heterocycles. The first-order valence-corrected chi connectivity index (χ1v) is 20.4. The van der Waals surface area contributed by atoms with Crippen molar-refractivity contribution in [1.29, 1.82) is 0 Å². The van der Waals surface area contributed by atoms with E-state index in [0.717, 1.165) is 23.6 Å². The van der Waals surface area contributed by atoms with Gasteiger partial charge in [0.15, 0.2) is 0 Å². The Morgan fingerprint density at radius 3 is 1.43 bits per heavy atom. The third kappa shape index (κ3) is 4.95. The van der Waals surface area contributed by atoms with Crippen molar-refractivity contribution < 1.29 is 0 Å². The molecule has 0 bridgehead atoms. The van der Waals surface area contributed by atoms with Crippen LogP contribution in [0.15, 0.2) is 165 Å². The summed E-state index contributed by atoms with van der Waals surface area (Å²) in [6.07, 6.45) is 6.40. The van der Waals surface area contributed by atoms with Gasteiger partial charge in [-0.3, -0.25) is 0 Å². The predicted molar refractivity (Wildman–Crippen MR) is 225 cm³/mol. The summed E-state index contributed by atoms with van der Waals surface area (Å²) >= 11 is 4.85. The minimum atomic E-state index is 0.915. The van der Waals surface area contributed by atoms with Crippen LogP contribution in [-0.4, -0.2) is 0 Å². The van der Waals surface area contributed by atoms with E-state index < -0.39 is 0 Å². The van der Waals surface area contributed by atoms with Crippen molar-refractivity contribution in [3.8, 4) is 43.8 Å². The van der Waals surface area contributed by atoms with Crippen LogP contribution in [0.2, 0.25) is 0 Å². The van der Waals surface area contributed by atoms with Gasteiger partial charge in [-0.25, -0.2) is 8.80 Å². The highest BCUT2D eigenvalue weighted by Crippen LogP contribution is 2.43. The quantitative estimate of drug-likeness (QED) is 0.169. The molecular weight excluding hydrogens is 701 g/mol. The largest absolute Gasteiger partial charge is 0.212 e. The van der Waals surface area contributed by atoms with Gasteiger partial charge in [0.2, 0.25) is 0 Å². The van der Waals surface area contributed by atoms with Crippen LogP contribution in [0, 0.1) is 0 Å². The molecule has 2 aliphatic heterocycles. The van der Waals surface area contributed by atoms with Gasteiger partial charge in [0.05, 0.1) is 10.7 Å². The summed E-state index contributed by atoms with van der Waals surface area (Å²) in [5.74, 6) is 0. The van der Waals surface area contributed by atoms with Crippen molar-refractivity contribution in [2.45, 2.75) is 12.8 Å². The summed E-state index contributed by atoms with van der Waals surface area (Å²) < 4.78 is 9.96. The Morgan fingerprint density at radius 1 is 0.396 bits per heavy atom. The second-order valence-electron chi connectivity index (χ2n) is 13.7. The van der Waals surface area contributed by atoms with Gasteiger partial charge in [0.1, 0.15) is 0 Å². The molecule has 250 valence electrons. The van der Waals surface area contributed by atoms with E-state index in [1.807, 2.05) is 11.3 Å². The second kappa shape index (κ2) is 12.6. The lowest BCUT2D eigenvalue weighted by atomic mass is 9.88. The maximum atomic E-state index is 4.98. The fourth-order valence-corrected chi connectivity index (χ4v) is 10.7. The number of rotatable bonds is 4. The molecule has 0 fully saturated rings. The van der Waals surface area contributed by atoms with Crippen molar-refractivity contribution in [3.63, 3.8) is 0 Å². The first-order valence-electron chi connectivity index (χ1n) is 17.9. The zero-order chi connectivity index (χ0) is 34.9. The van der Waals surface area contributed by atoms with E-state index in [1.165, 1.54) is 123 Å². The highest BCUT2D eigenvalue weighted by molar-refractivity contribution is 8.01. The first kappa shape index (κ1) is 31.1. The molecule has 7 aromatic rings. The van der Waals surface area contributed by atoms with Gasteiger partial charge in [-0.05, 0) is 132 Å². The van der Waals surface area contributed by atoms with E-state index in [2.05, 4.69) is 156 Å². The smallest absolute Gasteiger partial charge is 0.0798 e. The molecule has 2 nitrogen and oxygen atoms in total. The van der Waals surface area contributed by atoms with Crippen LogP contribution in [-0.2, 0) is 12.8 Å². The monoisotopic (exact) mass is 730 g/mol. The van der Waals surface area contributed by atoms with Crippen molar-refractivity contribution in [3.05, 3.63) is 210 Å². The maximum absolute atomic E-state index is 4.98. The molecule has 0 amide bonds. The molecule has 4 aliphatic rings. The van der Waals surface area contributed by atoms with Crippen molar-refractivity contribution in [2.75, 3.05) is 0 Å². The molecular formula is C48H30N2S3. The fourth-order valence-electron chi connectivity index (χ4n) is 8.74. The average Bonchev–Trinajstić information content (AvgIpc) is 3.85. The Bertz CT molecular complexity index is 2820. The summed E-state index contributed by atoms with van der Waals surface area (Å²) in [4.78, 5) is 1.27. The standard InChI is InChI=1S/C48H30N2S3/c1-3-11-31-29(9-1)27-42-36(31)17-19-44-46(42)38(22-25-52-49-44)33-13-5-6-14-34(33)41-21-24-51-48(41)40-16-8-7-15-35(40)39-23-26-53-50-45-20-18-37-32-12-4-2-10-30(32)28-43(37)47(39)45/h1-26H,27-28H2. The number of thiophene rings is 1. The Labute approximate surface area is 320 Å². The minimum Gasteiger partial charge on any atom is -0.212 e. The molecule has 0 radical (unpaired) electrons. The number of nitrogens with zero attached hydrogens (tertiary/aromatic N) is 2. The zero-order valence-corrected chi connectivity index (χ0v) is 31.0. The average molecular weight is 731 g/mol. The van der Waals surface area contributed by atoms with Crippen LogP contribution >= 0.6 is 35.2 Å². The van der Waals surface area contributed by atoms with E-state index in [0.29, 0.717) is 0 Å². The fraction of sp³-hybridized carbons (Fsp3) is 0.0417. The number of allylic oxidation sites excluding steroid dienone is 2. The van der Waals surface area contributed by atoms with Gasteiger partial charge in [0, 0.05) is 50.3 Å². The Kier molecular flexibility index (Phi) is 7.39. The van der Waals surface area contributed by atoms with Gasteiger partial charge >= 0.3 is 0 Å². The van der Waals surface area contributed by atoms with Crippen LogP contribution in [0.1, 0.15) is 33.4 Å². The highest BCUT2D eigenvalue weighted by atomic mass is 32.2. The summed E-state index contributed by atoms with van der Waals surface area (Å²) in [5, 5.41) is 11.1. The van der Waals surface area contributed by atoms with Crippen LogP contribution < -0.4 is 21.2 Å². The summed E-state index contributed by atoms with van der Waals surface area (Å²) in [5.41, 5.74) is 19.4. The van der Waals surface area contributed by atoms with Crippen LogP contribution in [0.5, 0.6) is 0 Å². The Hall–Kier alpha value is -5.46. The lowest BCUT2D eigenvalue weighted by Gasteiger charge is -2.16. The van der Waals surface area contributed by atoms with Crippen molar-refractivity contribution in [1.82, 2.24) is 0 Å². The Balaban J connectivity index is 1.13. The zero-order valence-electron chi connectivity index (χ0n) is 28.5. The van der Waals surface area contributed by atoms with Gasteiger partial charge in [-0.1, -0.05) is 109 Å². The van der Waals surface area contributed by atoms with E-state index in [9.17, 15) is 0 Å². The van der Waals surface area contributed by atoms with Gasteiger partial charge in [-0.2, -0.15) is 0 Å². The van der Waals surface area contributed by atoms with E-state index >= 15 is 0 Å². The molecule has 0 saturated heterocycles. The molecule has 1 aromatic heterocycles. The Morgan fingerprint density at radius 2 is 0.868 bits per heavy atom. The molecule has 53 heavy (non-hydrogen) atoms. The lowest BCUT2D eigenvalue weighted by Crippen LogP contribution is -2.30. The highest BCUT2D eigenvalue weighted by Gasteiger charge is 2.25. The van der Waals surface area contributed by atoms with Crippen LogP contribution in [0.25, 0.3) is 55.0 Å². The molecule has 2 aliphatic carbocycles. The van der Waals surface area contributed by atoms with Gasteiger partial charge < -0.3 is 0 Å². The van der Waals surface area contributed by atoms with Crippen molar-refractivity contribution in [2.24, 2.45) is 8.80 Å². The predicted octanol–water partition coefficient (Wildman–Crippen LogP) is 10.2. The molecule has 0 unspecified atom stereocenters. The minimum absolute atomic E-state index is 0.915. The third-order valence-corrected chi connectivity index (χ3v) is 13.1. The topological polar surface area (TPSA) is 24.7 Å². The maximum Gasteiger partial charge on any atom is 0.0798 e. The van der Waals surface area contributed by atoms with Crippen LogP contribution in [0.3, 0.4) is 0 Å². The van der Waals surface area contributed by atoms with Gasteiger partial charge in [-0.15, -0.1) is 11.3 Å². The molecule has 5 heteroatoms. The number of hydrogen-bond donors (Lipinski definition) is 0. The number of hydrogen-bond acceptors (Lipinski definition) is 5. The molecule has 0 saturated carbocycles. The van der Waals surface area contributed by atoms with E-state index in [4.69, 9.17) is 8.80 Å². The summed E-state index contributed by atoms with van der Waals surface area (Å²) in [6, 6.07) is 46.8. The molecule has 0 atom stereocenters. The molecule has 6 aromatic carbocycles. The first-order chi connectivity index (χ1) is 26.3. The van der Waals surface area contributed by atoms with E-state index in [-0.39, 0.29) is 0 Å². The van der Waals surface area contributed by atoms with Gasteiger partial charge in [0.25, 0.3) is 0 Å². The SMILES string of the molecule is C1=CC(c2ccccc2-c2ccsc2-c2ccccc2C2=c3c4c(ccc3=NSC=C2)-c2ccccc2C4)=c2c3c(ccc2=NS1)-c1ccccc1C3. The summed E-state index contributed by atoms with van der Waals surface area (Å²) in [7, 11) is 0. The number of benzene rings is 6. The number of fused-ring (bicyclic) bond motifs is 10. The lowest BCUT2D eigenvalue weighted by molar-refractivity contribution is 1.21. The van der Waals surface area contributed by atoms with Crippen molar-refractivity contribution >= 4 is 46.4 Å². The normalized spacial score (nSPS) is 14.6. The third-order valence-electron chi connectivity index (χ3n) is 11.0. The molecule has 11 rings (SSSR count). The summed E-state index contributed by atoms with van der Waals surface area (Å²) in [6.45, 7) is 0. The van der Waals surface area contributed by atoms with E-state index in [1.54, 1.807) is 0 Å². The second-order valence-corrected chi connectivity index (χ2v) is 16.0. The molecule has 0 N–H and O–H groups in total. The molecule has 0 spiro atoms.